The van der Waals surface area contributed by atoms with Gasteiger partial charge in [-0.2, -0.15) is 0 Å². The van der Waals surface area contributed by atoms with Crippen molar-refractivity contribution in [3.05, 3.63) is 29.3 Å². The number of hydrogen-bond acceptors (Lipinski definition) is 2. The fourth-order valence-corrected chi connectivity index (χ4v) is 1.90. The Morgan fingerprint density at radius 3 is 2.67 bits per heavy atom. The summed E-state index contributed by atoms with van der Waals surface area (Å²) in [5.41, 5.74) is 2.26. The Morgan fingerprint density at radius 2 is 2.00 bits per heavy atom. The fraction of sp³-hybridized carbons (Fsp3) is 0.417. The van der Waals surface area contributed by atoms with Crippen LogP contribution in [0.15, 0.2) is 29.3 Å². The number of nitrogens with zero attached hydrogens (tertiary/aromatic N) is 2. The molecule has 2 rings (SSSR count). The van der Waals surface area contributed by atoms with Crippen molar-refractivity contribution in [3.8, 4) is 0 Å². The second-order valence-corrected chi connectivity index (χ2v) is 4.40. The first-order chi connectivity index (χ1) is 7.24. The molecule has 0 atom stereocenters. The minimum absolute atomic E-state index is 0.754. The van der Waals surface area contributed by atoms with Crippen LogP contribution < -0.4 is 0 Å². The zero-order valence-electron chi connectivity index (χ0n) is 8.91. The molecule has 0 bridgehead atoms. The highest BCUT2D eigenvalue weighted by molar-refractivity contribution is 6.30. The lowest BCUT2D eigenvalue weighted by Crippen LogP contribution is -2.30. The smallest absolute Gasteiger partial charge is 0.0643 e. The maximum Gasteiger partial charge on any atom is 0.0643 e. The van der Waals surface area contributed by atoms with Crippen LogP contribution >= 0.6 is 11.6 Å². The van der Waals surface area contributed by atoms with Gasteiger partial charge in [-0.05, 0) is 38.1 Å². The standard InChI is InChI=1S/C12H15ClN2/c1-15-7-5-11(6-8-15)14-12-4-2-3-10(13)9-12/h2-4,9H,5-8H2,1H3. The maximum atomic E-state index is 5.91. The molecule has 0 unspecified atom stereocenters. The van der Waals surface area contributed by atoms with E-state index in [9.17, 15) is 0 Å². The Balaban J connectivity index is 2.10. The molecule has 0 saturated carbocycles. The van der Waals surface area contributed by atoms with E-state index in [4.69, 9.17) is 11.6 Å². The number of likely N-dealkylation sites (tertiary alicyclic amines) is 1. The number of benzene rings is 1. The van der Waals surface area contributed by atoms with Gasteiger partial charge in [-0.1, -0.05) is 17.7 Å². The molecule has 80 valence electrons. The van der Waals surface area contributed by atoms with Crippen molar-refractivity contribution in [2.75, 3.05) is 20.1 Å². The number of piperidine rings is 1. The first-order valence-corrected chi connectivity index (χ1v) is 5.62. The van der Waals surface area contributed by atoms with Gasteiger partial charge in [0.1, 0.15) is 0 Å². The predicted octanol–water partition coefficient (Wildman–Crippen LogP) is 3.14. The molecule has 2 nitrogen and oxygen atoms in total. The van der Waals surface area contributed by atoms with Crippen LogP contribution in [0.4, 0.5) is 5.69 Å². The van der Waals surface area contributed by atoms with Crippen molar-refractivity contribution >= 4 is 23.0 Å². The number of aliphatic imine (C=N–C) groups is 1. The molecule has 0 radical (unpaired) electrons. The lowest BCUT2D eigenvalue weighted by Gasteiger charge is -2.23. The van der Waals surface area contributed by atoms with Crippen LogP contribution in [0.25, 0.3) is 0 Å². The van der Waals surface area contributed by atoms with Gasteiger partial charge in [0.15, 0.2) is 0 Å². The van der Waals surface area contributed by atoms with Crippen molar-refractivity contribution in [3.63, 3.8) is 0 Å². The van der Waals surface area contributed by atoms with Gasteiger partial charge in [0.05, 0.1) is 5.69 Å². The van der Waals surface area contributed by atoms with Crippen molar-refractivity contribution in [2.45, 2.75) is 12.8 Å². The van der Waals surface area contributed by atoms with Gasteiger partial charge < -0.3 is 4.90 Å². The summed E-state index contributed by atoms with van der Waals surface area (Å²) in [6.45, 7) is 2.22. The van der Waals surface area contributed by atoms with Crippen LogP contribution in [0.1, 0.15) is 12.8 Å². The van der Waals surface area contributed by atoms with Crippen LogP contribution in [0.2, 0.25) is 5.02 Å². The molecule has 1 fully saturated rings. The SMILES string of the molecule is CN1CCC(=Nc2cccc(Cl)c2)CC1. The van der Waals surface area contributed by atoms with Gasteiger partial charge in [0, 0.05) is 23.8 Å². The molecule has 0 N–H and O–H groups in total. The van der Waals surface area contributed by atoms with E-state index in [1.54, 1.807) is 0 Å². The third-order valence-electron chi connectivity index (χ3n) is 2.66. The Morgan fingerprint density at radius 1 is 1.27 bits per heavy atom. The predicted molar refractivity (Wildman–Crippen MR) is 65.3 cm³/mol. The van der Waals surface area contributed by atoms with E-state index in [1.807, 2.05) is 24.3 Å². The van der Waals surface area contributed by atoms with Crippen molar-refractivity contribution < 1.29 is 0 Å². The zero-order chi connectivity index (χ0) is 10.7. The van der Waals surface area contributed by atoms with Gasteiger partial charge in [-0.3, -0.25) is 4.99 Å². The molecule has 1 aromatic carbocycles. The van der Waals surface area contributed by atoms with Crippen molar-refractivity contribution in [1.82, 2.24) is 4.90 Å². The number of halogens is 1. The molecule has 0 spiro atoms. The van der Waals surface area contributed by atoms with Crippen molar-refractivity contribution in [2.24, 2.45) is 4.99 Å². The molecular weight excluding hydrogens is 208 g/mol. The van der Waals surface area contributed by atoms with E-state index in [0.717, 1.165) is 36.6 Å². The molecule has 0 aromatic heterocycles. The van der Waals surface area contributed by atoms with E-state index < -0.39 is 0 Å². The summed E-state index contributed by atoms with van der Waals surface area (Å²) in [5.74, 6) is 0. The normalized spacial score (nSPS) is 17.9. The molecule has 0 amide bonds. The number of hydrogen-bond donors (Lipinski definition) is 0. The third kappa shape index (κ3) is 3.05. The van der Waals surface area contributed by atoms with Crippen LogP contribution in [0, 0.1) is 0 Å². The third-order valence-corrected chi connectivity index (χ3v) is 2.89. The molecule has 0 aliphatic carbocycles. The summed E-state index contributed by atoms with van der Waals surface area (Å²) in [6, 6.07) is 7.72. The lowest BCUT2D eigenvalue weighted by molar-refractivity contribution is 0.336. The Hall–Kier alpha value is -0.860. The fourth-order valence-electron chi connectivity index (χ4n) is 1.72. The average Bonchev–Trinajstić information content (AvgIpc) is 2.22. The first-order valence-electron chi connectivity index (χ1n) is 5.24. The first kappa shape index (κ1) is 10.7. The molecule has 1 heterocycles. The number of rotatable bonds is 1. The Kier molecular flexibility index (Phi) is 3.39. The van der Waals surface area contributed by atoms with Crippen LogP contribution in [0.5, 0.6) is 0 Å². The zero-order valence-corrected chi connectivity index (χ0v) is 9.67. The molecule has 3 heteroatoms. The molecule has 1 saturated heterocycles. The molecule has 1 aromatic rings. The summed E-state index contributed by atoms with van der Waals surface area (Å²) in [6.07, 6.45) is 2.14. The van der Waals surface area contributed by atoms with E-state index >= 15 is 0 Å². The van der Waals surface area contributed by atoms with Crippen LogP contribution in [-0.4, -0.2) is 30.7 Å². The van der Waals surface area contributed by atoms with E-state index in [1.165, 1.54) is 5.71 Å². The Bertz CT molecular complexity index is 364. The highest BCUT2D eigenvalue weighted by Crippen LogP contribution is 2.19. The van der Waals surface area contributed by atoms with E-state index in [-0.39, 0.29) is 0 Å². The minimum atomic E-state index is 0.754. The Labute approximate surface area is 95.6 Å². The molecular formula is C12H15ClN2. The summed E-state index contributed by atoms with van der Waals surface area (Å²) in [5, 5.41) is 0.754. The summed E-state index contributed by atoms with van der Waals surface area (Å²) in [7, 11) is 2.15. The second-order valence-electron chi connectivity index (χ2n) is 3.96. The quantitative estimate of drug-likeness (QED) is 0.713. The lowest BCUT2D eigenvalue weighted by atomic mass is 10.1. The minimum Gasteiger partial charge on any atom is -0.306 e. The van der Waals surface area contributed by atoms with Crippen molar-refractivity contribution in [1.29, 1.82) is 0 Å². The van der Waals surface area contributed by atoms with Gasteiger partial charge >= 0.3 is 0 Å². The molecule has 1 aliphatic rings. The topological polar surface area (TPSA) is 15.6 Å². The molecule has 15 heavy (non-hydrogen) atoms. The van der Waals surface area contributed by atoms with Gasteiger partial charge in [-0.25, -0.2) is 0 Å². The second kappa shape index (κ2) is 4.77. The van der Waals surface area contributed by atoms with E-state index in [2.05, 4.69) is 16.9 Å². The van der Waals surface area contributed by atoms with Crippen LogP contribution in [-0.2, 0) is 0 Å². The van der Waals surface area contributed by atoms with Crippen LogP contribution in [0.3, 0.4) is 0 Å². The summed E-state index contributed by atoms with van der Waals surface area (Å²) in [4.78, 5) is 6.95. The molecule has 1 aliphatic heterocycles. The largest absolute Gasteiger partial charge is 0.306 e. The van der Waals surface area contributed by atoms with E-state index in [0.29, 0.717) is 0 Å². The summed E-state index contributed by atoms with van der Waals surface area (Å²) >= 11 is 5.91. The maximum absolute atomic E-state index is 5.91. The highest BCUT2D eigenvalue weighted by atomic mass is 35.5. The monoisotopic (exact) mass is 222 g/mol. The summed E-state index contributed by atoms with van der Waals surface area (Å²) < 4.78 is 0. The van der Waals surface area contributed by atoms with Gasteiger partial charge in [-0.15, -0.1) is 0 Å². The highest BCUT2D eigenvalue weighted by Gasteiger charge is 2.10. The van der Waals surface area contributed by atoms with Gasteiger partial charge in [0.25, 0.3) is 0 Å². The van der Waals surface area contributed by atoms with Gasteiger partial charge in [0.2, 0.25) is 0 Å². The average molecular weight is 223 g/mol.